The number of amides is 1. The number of rotatable bonds is 5. The lowest BCUT2D eigenvalue weighted by Gasteiger charge is -2.32. The normalized spacial score (nSPS) is 20.1. The lowest BCUT2D eigenvalue weighted by atomic mass is 10.0. The van der Waals surface area contributed by atoms with Crippen molar-refractivity contribution in [3.63, 3.8) is 0 Å². The van der Waals surface area contributed by atoms with Crippen LogP contribution in [0.2, 0.25) is 5.02 Å². The average Bonchev–Trinajstić information content (AvgIpc) is 2.60. The van der Waals surface area contributed by atoms with Gasteiger partial charge in [0.15, 0.2) is 0 Å². The van der Waals surface area contributed by atoms with Gasteiger partial charge in [0.05, 0.1) is 19.1 Å². The molecule has 7 heteroatoms. The summed E-state index contributed by atoms with van der Waals surface area (Å²) in [6, 6.07) is 9.20. The summed E-state index contributed by atoms with van der Waals surface area (Å²) in [6.45, 7) is 0.920. The number of hydrogen-bond donors (Lipinski definition) is 1. The zero-order valence-corrected chi connectivity index (χ0v) is 14.2. The minimum atomic E-state index is -0.428. The molecule has 0 spiro atoms. The van der Waals surface area contributed by atoms with E-state index in [9.17, 15) is 9.18 Å². The minimum Gasteiger partial charge on any atom is -0.470 e. The smallest absolute Gasteiger partial charge is 0.224 e. The van der Waals surface area contributed by atoms with Gasteiger partial charge in [-0.15, -0.1) is 0 Å². The minimum absolute atomic E-state index is 0.0762. The Morgan fingerprint density at radius 2 is 2.28 bits per heavy atom. The van der Waals surface area contributed by atoms with Crippen molar-refractivity contribution in [2.24, 2.45) is 0 Å². The van der Waals surface area contributed by atoms with Crippen LogP contribution in [0.3, 0.4) is 0 Å². The fourth-order valence-electron chi connectivity index (χ4n) is 2.66. The molecule has 2 heterocycles. The molecule has 0 aliphatic carbocycles. The number of nitrogens with one attached hydrogen (secondary N) is 1. The molecular formula is C18H18ClFN2O3. The number of pyridine rings is 1. The molecule has 1 amide bonds. The molecule has 1 N–H and O–H groups in total. The lowest BCUT2D eigenvalue weighted by molar-refractivity contribution is -0.123. The van der Waals surface area contributed by atoms with Crippen LogP contribution < -0.4 is 10.1 Å². The quantitative estimate of drug-likeness (QED) is 0.886. The van der Waals surface area contributed by atoms with E-state index in [-0.39, 0.29) is 29.5 Å². The van der Waals surface area contributed by atoms with Crippen molar-refractivity contribution in [2.75, 3.05) is 13.2 Å². The Labute approximate surface area is 150 Å². The van der Waals surface area contributed by atoms with Gasteiger partial charge in [0.2, 0.25) is 11.8 Å². The van der Waals surface area contributed by atoms with E-state index >= 15 is 0 Å². The third-order valence-electron chi connectivity index (χ3n) is 3.93. The summed E-state index contributed by atoms with van der Waals surface area (Å²) in [4.78, 5) is 16.5. The number of carbonyl (C=O) groups is 1. The highest BCUT2D eigenvalue weighted by molar-refractivity contribution is 6.31. The van der Waals surface area contributed by atoms with E-state index in [1.54, 1.807) is 18.3 Å². The number of halogens is 2. The Hall–Kier alpha value is -2.18. The second kappa shape index (κ2) is 8.27. The third kappa shape index (κ3) is 4.90. The number of aromatic nitrogens is 1. The van der Waals surface area contributed by atoms with Crippen molar-refractivity contribution >= 4 is 17.5 Å². The van der Waals surface area contributed by atoms with Crippen LogP contribution in [0.4, 0.5) is 4.39 Å². The van der Waals surface area contributed by atoms with E-state index in [1.165, 1.54) is 18.2 Å². The Morgan fingerprint density at radius 3 is 3.04 bits per heavy atom. The van der Waals surface area contributed by atoms with Crippen molar-refractivity contribution in [1.29, 1.82) is 0 Å². The Bertz CT molecular complexity index is 730. The van der Waals surface area contributed by atoms with E-state index in [1.807, 2.05) is 6.07 Å². The molecule has 1 fully saturated rings. The van der Waals surface area contributed by atoms with E-state index in [0.717, 1.165) is 0 Å². The molecule has 25 heavy (non-hydrogen) atoms. The van der Waals surface area contributed by atoms with Crippen molar-refractivity contribution in [3.8, 4) is 5.88 Å². The van der Waals surface area contributed by atoms with Gasteiger partial charge in [-0.2, -0.15) is 0 Å². The molecule has 1 aliphatic heterocycles. The highest BCUT2D eigenvalue weighted by Crippen LogP contribution is 2.19. The molecule has 0 unspecified atom stereocenters. The van der Waals surface area contributed by atoms with Gasteiger partial charge in [-0.25, -0.2) is 9.37 Å². The van der Waals surface area contributed by atoms with Gasteiger partial charge >= 0.3 is 0 Å². The summed E-state index contributed by atoms with van der Waals surface area (Å²) >= 11 is 5.98. The maximum absolute atomic E-state index is 13.1. The molecule has 0 bridgehead atoms. The summed E-state index contributed by atoms with van der Waals surface area (Å²) in [7, 11) is 0. The lowest BCUT2D eigenvalue weighted by Crippen LogP contribution is -2.51. The maximum atomic E-state index is 13.1. The molecule has 3 rings (SSSR count). The van der Waals surface area contributed by atoms with Gasteiger partial charge in [0.25, 0.3) is 0 Å². The molecule has 2 aromatic rings. The van der Waals surface area contributed by atoms with Crippen LogP contribution in [0.15, 0.2) is 42.6 Å². The molecule has 0 saturated carbocycles. The molecular weight excluding hydrogens is 347 g/mol. The van der Waals surface area contributed by atoms with E-state index in [4.69, 9.17) is 21.1 Å². The van der Waals surface area contributed by atoms with Crippen molar-refractivity contribution in [3.05, 3.63) is 59.0 Å². The van der Waals surface area contributed by atoms with Gasteiger partial charge in [-0.05, 0) is 30.2 Å². The van der Waals surface area contributed by atoms with Crippen molar-refractivity contribution in [1.82, 2.24) is 10.3 Å². The topological polar surface area (TPSA) is 60.5 Å². The zero-order chi connectivity index (χ0) is 17.6. The Kier molecular flexibility index (Phi) is 5.83. The van der Waals surface area contributed by atoms with Crippen molar-refractivity contribution < 1.29 is 18.7 Å². The molecule has 1 saturated heterocycles. The molecule has 132 valence electrons. The SMILES string of the molecule is O=C(Cc1ccc(F)cc1Cl)N[C@@H]1CCOC[C@H]1Oc1ccccn1. The fourth-order valence-corrected chi connectivity index (χ4v) is 2.89. The van der Waals surface area contributed by atoms with E-state index < -0.39 is 5.82 Å². The van der Waals surface area contributed by atoms with Crippen LogP contribution in [-0.4, -0.2) is 36.3 Å². The zero-order valence-electron chi connectivity index (χ0n) is 13.5. The van der Waals surface area contributed by atoms with Gasteiger partial charge in [-0.3, -0.25) is 4.79 Å². The van der Waals surface area contributed by atoms with Crippen LogP contribution in [0.5, 0.6) is 5.88 Å². The van der Waals surface area contributed by atoms with Gasteiger partial charge in [0.1, 0.15) is 11.9 Å². The molecule has 1 aliphatic rings. The summed E-state index contributed by atoms with van der Waals surface area (Å²) in [5.41, 5.74) is 0.579. The third-order valence-corrected chi connectivity index (χ3v) is 4.28. The highest BCUT2D eigenvalue weighted by Gasteiger charge is 2.29. The maximum Gasteiger partial charge on any atom is 0.224 e. The standard InChI is InChI=1S/C18H18ClFN2O3/c19-14-10-13(20)5-4-12(14)9-17(23)22-15-6-8-24-11-16(15)25-18-3-1-2-7-21-18/h1-5,7,10,15-16H,6,8-9,11H2,(H,22,23)/t15-,16-/m1/s1. The number of benzene rings is 1. The number of ether oxygens (including phenoxy) is 2. The highest BCUT2D eigenvalue weighted by atomic mass is 35.5. The molecule has 0 radical (unpaired) electrons. The van der Waals surface area contributed by atoms with Crippen molar-refractivity contribution in [2.45, 2.75) is 25.0 Å². The number of nitrogens with zero attached hydrogens (tertiary/aromatic N) is 1. The molecule has 2 atom stereocenters. The van der Waals surface area contributed by atoms with Crippen LogP contribution in [0, 0.1) is 5.82 Å². The first-order chi connectivity index (χ1) is 12.1. The fraction of sp³-hybridized carbons (Fsp3) is 0.333. The summed E-state index contributed by atoms with van der Waals surface area (Å²) in [5.74, 6) is -0.142. The first-order valence-electron chi connectivity index (χ1n) is 8.00. The second-order valence-corrected chi connectivity index (χ2v) is 6.18. The largest absolute Gasteiger partial charge is 0.470 e. The molecule has 5 nitrogen and oxygen atoms in total. The predicted molar refractivity (Wildman–Crippen MR) is 91.1 cm³/mol. The monoisotopic (exact) mass is 364 g/mol. The van der Waals surface area contributed by atoms with Crippen LogP contribution in [-0.2, 0) is 16.0 Å². The summed E-state index contributed by atoms with van der Waals surface area (Å²) < 4.78 is 24.4. The van der Waals surface area contributed by atoms with Gasteiger partial charge in [-0.1, -0.05) is 23.7 Å². The van der Waals surface area contributed by atoms with E-state index in [2.05, 4.69) is 10.3 Å². The van der Waals surface area contributed by atoms with Crippen LogP contribution >= 0.6 is 11.6 Å². The first-order valence-corrected chi connectivity index (χ1v) is 8.38. The molecule has 1 aromatic carbocycles. The van der Waals surface area contributed by atoms with Crippen LogP contribution in [0.1, 0.15) is 12.0 Å². The second-order valence-electron chi connectivity index (χ2n) is 5.77. The Balaban J connectivity index is 1.61. The molecule has 1 aromatic heterocycles. The summed E-state index contributed by atoms with van der Waals surface area (Å²) in [6.07, 6.45) is 2.03. The first kappa shape index (κ1) is 17.6. The van der Waals surface area contributed by atoms with Gasteiger partial charge < -0.3 is 14.8 Å². The average molecular weight is 365 g/mol. The van der Waals surface area contributed by atoms with E-state index in [0.29, 0.717) is 31.1 Å². The van der Waals surface area contributed by atoms with Crippen LogP contribution in [0.25, 0.3) is 0 Å². The number of carbonyl (C=O) groups excluding carboxylic acids is 1. The predicted octanol–water partition coefficient (Wildman–Crippen LogP) is 2.77. The van der Waals surface area contributed by atoms with Gasteiger partial charge in [0, 0.05) is 23.9 Å². The number of hydrogen-bond acceptors (Lipinski definition) is 4. The Morgan fingerprint density at radius 1 is 1.40 bits per heavy atom. The summed E-state index contributed by atoms with van der Waals surface area (Å²) in [5, 5.41) is 3.19.